The van der Waals surface area contributed by atoms with E-state index in [-0.39, 0.29) is 12.0 Å². The van der Waals surface area contributed by atoms with Crippen molar-refractivity contribution in [1.82, 2.24) is 10.2 Å². The molecule has 1 saturated heterocycles. The van der Waals surface area contributed by atoms with E-state index in [1.807, 2.05) is 4.90 Å². The summed E-state index contributed by atoms with van der Waals surface area (Å²) >= 11 is 0. The first kappa shape index (κ1) is 14.5. The van der Waals surface area contributed by atoms with Gasteiger partial charge >= 0.3 is 0 Å². The minimum absolute atomic E-state index is 0.256. The van der Waals surface area contributed by atoms with Crippen LogP contribution in [-0.4, -0.2) is 49.7 Å². The van der Waals surface area contributed by atoms with E-state index in [0.29, 0.717) is 6.42 Å². The molecule has 1 amide bonds. The van der Waals surface area contributed by atoms with Crippen LogP contribution in [0.1, 0.15) is 39.5 Å². The maximum absolute atomic E-state index is 11.9. The van der Waals surface area contributed by atoms with Gasteiger partial charge in [-0.05, 0) is 25.8 Å². The molecule has 1 rings (SSSR count). The number of ether oxygens (including phenoxy) is 1. The molecule has 0 aliphatic carbocycles. The average molecular weight is 242 g/mol. The van der Waals surface area contributed by atoms with Crippen molar-refractivity contribution in [2.24, 2.45) is 0 Å². The van der Waals surface area contributed by atoms with E-state index < -0.39 is 0 Å². The minimum atomic E-state index is 0.256. The molecule has 0 aromatic rings. The van der Waals surface area contributed by atoms with E-state index in [4.69, 9.17) is 4.74 Å². The summed E-state index contributed by atoms with van der Waals surface area (Å²) in [7, 11) is 0. The second-order valence-corrected chi connectivity index (χ2v) is 4.58. The predicted octanol–water partition coefficient (Wildman–Crippen LogP) is 1.40. The smallest absolute Gasteiger partial charge is 0.223 e. The lowest BCUT2D eigenvalue weighted by Gasteiger charge is -2.32. The molecule has 0 spiro atoms. The fourth-order valence-electron chi connectivity index (χ4n) is 2.12. The highest BCUT2D eigenvalue weighted by molar-refractivity contribution is 5.76. The van der Waals surface area contributed by atoms with Gasteiger partial charge in [0.05, 0.1) is 6.10 Å². The molecular formula is C13H26N2O2. The Balaban J connectivity index is 2.25. The highest BCUT2D eigenvalue weighted by Crippen LogP contribution is 2.14. The average Bonchev–Trinajstić information content (AvgIpc) is 2.37. The molecule has 0 aromatic carbocycles. The molecule has 4 heteroatoms. The van der Waals surface area contributed by atoms with Crippen molar-refractivity contribution < 1.29 is 9.53 Å². The summed E-state index contributed by atoms with van der Waals surface area (Å²) in [6, 6.07) is 0. The Morgan fingerprint density at radius 2 is 2.29 bits per heavy atom. The number of likely N-dealkylation sites (tertiary alicyclic amines) is 1. The Hall–Kier alpha value is -0.610. The lowest BCUT2D eigenvalue weighted by atomic mass is 10.1. The second-order valence-electron chi connectivity index (χ2n) is 4.58. The molecule has 1 atom stereocenters. The molecule has 0 bridgehead atoms. The Labute approximate surface area is 105 Å². The monoisotopic (exact) mass is 242 g/mol. The van der Waals surface area contributed by atoms with Crippen molar-refractivity contribution in [2.45, 2.75) is 45.6 Å². The van der Waals surface area contributed by atoms with Crippen LogP contribution in [0.4, 0.5) is 0 Å². The topological polar surface area (TPSA) is 41.6 Å². The van der Waals surface area contributed by atoms with E-state index in [9.17, 15) is 4.79 Å². The molecule has 4 nitrogen and oxygen atoms in total. The number of carbonyl (C=O) groups excluding carboxylic acids is 1. The molecule has 1 unspecified atom stereocenters. The van der Waals surface area contributed by atoms with Crippen molar-refractivity contribution in [1.29, 1.82) is 0 Å². The van der Waals surface area contributed by atoms with Gasteiger partial charge < -0.3 is 15.0 Å². The van der Waals surface area contributed by atoms with Crippen LogP contribution in [0.2, 0.25) is 0 Å². The molecule has 17 heavy (non-hydrogen) atoms. The number of nitrogens with one attached hydrogen (secondary N) is 1. The zero-order chi connectivity index (χ0) is 12.5. The Morgan fingerprint density at radius 1 is 1.47 bits per heavy atom. The van der Waals surface area contributed by atoms with Gasteiger partial charge in [0.1, 0.15) is 0 Å². The van der Waals surface area contributed by atoms with Crippen LogP contribution >= 0.6 is 0 Å². The van der Waals surface area contributed by atoms with Gasteiger partial charge in [0.15, 0.2) is 0 Å². The fourth-order valence-corrected chi connectivity index (χ4v) is 2.12. The SMILES string of the molecule is CCCOC1CCCN(C(=O)CCNCC)C1. The van der Waals surface area contributed by atoms with Crippen LogP contribution in [0.25, 0.3) is 0 Å². The van der Waals surface area contributed by atoms with Crippen LogP contribution in [0.3, 0.4) is 0 Å². The summed E-state index contributed by atoms with van der Waals surface area (Å²) in [4.78, 5) is 13.9. The molecule has 0 saturated carbocycles. The van der Waals surface area contributed by atoms with Gasteiger partial charge in [0, 0.05) is 32.7 Å². The normalized spacial score (nSPS) is 20.6. The molecule has 1 aliphatic rings. The molecule has 1 heterocycles. The summed E-state index contributed by atoms with van der Waals surface area (Å²) in [6.07, 6.45) is 4.07. The molecular weight excluding hydrogens is 216 g/mol. The molecule has 1 aliphatic heterocycles. The van der Waals surface area contributed by atoms with Gasteiger partial charge in [0.25, 0.3) is 0 Å². The van der Waals surface area contributed by atoms with Crippen molar-refractivity contribution >= 4 is 5.91 Å². The van der Waals surface area contributed by atoms with Gasteiger partial charge in [-0.15, -0.1) is 0 Å². The number of nitrogens with zero attached hydrogens (tertiary/aromatic N) is 1. The van der Waals surface area contributed by atoms with Gasteiger partial charge in [-0.1, -0.05) is 13.8 Å². The van der Waals surface area contributed by atoms with Crippen molar-refractivity contribution in [3.63, 3.8) is 0 Å². The number of piperidine rings is 1. The van der Waals surface area contributed by atoms with E-state index in [2.05, 4.69) is 19.2 Å². The molecule has 100 valence electrons. The van der Waals surface area contributed by atoms with E-state index in [0.717, 1.165) is 52.0 Å². The minimum Gasteiger partial charge on any atom is -0.376 e. The van der Waals surface area contributed by atoms with Crippen molar-refractivity contribution in [3.8, 4) is 0 Å². The van der Waals surface area contributed by atoms with Crippen LogP contribution in [0.15, 0.2) is 0 Å². The highest BCUT2D eigenvalue weighted by Gasteiger charge is 2.23. The van der Waals surface area contributed by atoms with Gasteiger partial charge in [-0.25, -0.2) is 0 Å². The third kappa shape index (κ3) is 5.50. The highest BCUT2D eigenvalue weighted by atomic mass is 16.5. The largest absolute Gasteiger partial charge is 0.376 e. The first-order valence-electron chi connectivity index (χ1n) is 6.88. The Bertz CT molecular complexity index is 221. The maximum Gasteiger partial charge on any atom is 0.223 e. The lowest BCUT2D eigenvalue weighted by molar-refractivity contribution is -0.135. The zero-order valence-electron chi connectivity index (χ0n) is 11.2. The number of carbonyl (C=O) groups is 1. The van der Waals surface area contributed by atoms with Crippen molar-refractivity contribution in [3.05, 3.63) is 0 Å². The zero-order valence-corrected chi connectivity index (χ0v) is 11.2. The van der Waals surface area contributed by atoms with E-state index >= 15 is 0 Å². The standard InChI is InChI=1S/C13H26N2O2/c1-3-10-17-12-6-5-9-15(11-12)13(16)7-8-14-4-2/h12,14H,3-11H2,1-2H3. The maximum atomic E-state index is 11.9. The lowest BCUT2D eigenvalue weighted by Crippen LogP contribution is -2.44. The first-order valence-corrected chi connectivity index (χ1v) is 6.88. The third-order valence-corrected chi connectivity index (χ3v) is 3.05. The summed E-state index contributed by atoms with van der Waals surface area (Å²) < 4.78 is 5.73. The van der Waals surface area contributed by atoms with Gasteiger partial charge in [0.2, 0.25) is 5.91 Å². The first-order chi connectivity index (χ1) is 8.27. The van der Waals surface area contributed by atoms with E-state index in [1.165, 1.54) is 0 Å². The van der Waals surface area contributed by atoms with Crippen LogP contribution in [0.5, 0.6) is 0 Å². The quantitative estimate of drug-likeness (QED) is 0.686. The molecule has 1 fully saturated rings. The van der Waals surface area contributed by atoms with Crippen molar-refractivity contribution in [2.75, 3.05) is 32.8 Å². The van der Waals surface area contributed by atoms with Crippen LogP contribution in [-0.2, 0) is 9.53 Å². The second kappa shape index (κ2) is 8.48. The van der Waals surface area contributed by atoms with E-state index in [1.54, 1.807) is 0 Å². The van der Waals surface area contributed by atoms with Gasteiger partial charge in [-0.2, -0.15) is 0 Å². The number of hydrogen-bond donors (Lipinski definition) is 1. The molecule has 0 radical (unpaired) electrons. The summed E-state index contributed by atoms with van der Waals surface area (Å²) in [5.74, 6) is 0.260. The molecule has 1 N–H and O–H groups in total. The van der Waals surface area contributed by atoms with Gasteiger partial charge in [-0.3, -0.25) is 4.79 Å². The third-order valence-electron chi connectivity index (χ3n) is 3.05. The predicted molar refractivity (Wildman–Crippen MR) is 69.0 cm³/mol. The summed E-state index contributed by atoms with van der Waals surface area (Å²) in [5, 5.41) is 3.19. The number of amides is 1. The molecule has 0 aromatic heterocycles. The summed E-state index contributed by atoms with van der Waals surface area (Å²) in [6.45, 7) is 8.37. The Kier molecular flexibility index (Phi) is 7.21. The summed E-state index contributed by atoms with van der Waals surface area (Å²) in [5.41, 5.74) is 0. The number of hydrogen-bond acceptors (Lipinski definition) is 3. The fraction of sp³-hybridized carbons (Fsp3) is 0.923. The Morgan fingerprint density at radius 3 is 3.00 bits per heavy atom. The van der Waals surface area contributed by atoms with Crippen LogP contribution in [0, 0.1) is 0 Å². The number of rotatable bonds is 7. The van der Waals surface area contributed by atoms with Crippen LogP contribution < -0.4 is 5.32 Å².